The summed E-state index contributed by atoms with van der Waals surface area (Å²) in [5, 5.41) is 14.7. The second-order valence-corrected chi connectivity index (χ2v) is 20.8. The maximum absolute atomic E-state index is 12.0. The molecule has 1 unspecified atom stereocenters. The van der Waals surface area contributed by atoms with Gasteiger partial charge in [0.2, 0.25) is 11.8 Å². The van der Waals surface area contributed by atoms with Crippen LogP contribution in [0.4, 0.5) is 5.69 Å². The summed E-state index contributed by atoms with van der Waals surface area (Å²) in [5.41, 5.74) is 3.02. The third-order valence-corrected chi connectivity index (χ3v) is 9.15. The molecule has 0 aliphatic carbocycles. The summed E-state index contributed by atoms with van der Waals surface area (Å²) < 4.78 is 26.9. The Morgan fingerprint density at radius 2 is 1.70 bits per heavy atom. The normalized spacial score (nSPS) is 11.3. The van der Waals surface area contributed by atoms with Crippen molar-refractivity contribution in [1.29, 1.82) is 0 Å². The minimum Gasteiger partial charge on any atom is -0.778 e. The van der Waals surface area contributed by atoms with Gasteiger partial charge in [0.25, 0.3) is 5.91 Å². The number of carboxylic acid groups (broad SMARTS) is 1. The number of terminal acetylenes is 1. The topological polar surface area (TPSA) is 217 Å². The molecular formula is C43H61Cl5N5O11PS. The molecule has 0 aliphatic rings. The van der Waals surface area contributed by atoms with Crippen LogP contribution >= 0.6 is 65.6 Å². The summed E-state index contributed by atoms with van der Waals surface area (Å²) in [5.74, 6) is 0.645. The van der Waals surface area contributed by atoms with Crippen molar-refractivity contribution in [1.82, 2.24) is 20.0 Å². The van der Waals surface area contributed by atoms with Crippen LogP contribution < -0.4 is 25.6 Å². The van der Waals surface area contributed by atoms with Crippen molar-refractivity contribution in [2.75, 3.05) is 75.4 Å². The molecule has 0 aliphatic heterocycles. The van der Waals surface area contributed by atoms with Gasteiger partial charge in [-0.3, -0.25) is 24.6 Å². The van der Waals surface area contributed by atoms with Crippen LogP contribution in [0.15, 0.2) is 64.9 Å². The van der Waals surface area contributed by atoms with Crippen molar-refractivity contribution in [3.8, 4) is 23.8 Å². The maximum Gasteiger partial charge on any atom is 0.442 e. The summed E-state index contributed by atoms with van der Waals surface area (Å²) in [6.07, 6.45) is 15.1. The highest BCUT2D eigenvalue weighted by Gasteiger charge is 2.25. The lowest BCUT2D eigenvalue weighted by Crippen LogP contribution is -2.35. The Labute approximate surface area is 416 Å². The van der Waals surface area contributed by atoms with Gasteiger partial charge >= 0.3 is 11.7 Å². The van der Waals surface area contributed by atoms with E-state index in [0.29, 0.717) is 47.9 Å². The molecule has 1 atom stereocenters. The number of aromatic nitrogens is 2. The van der Waals surface area contributed by atoms with Gasteiger partial charge in [-0.1, -0.05) is 110 Å². The average Bonchev–Trinajstić information content (AvgIpc) is 3.62. The van der Waals surface area contributed by atoms with E-state index < -0.39 is 42.4 Å². The molecule has 2 aromatic carbocycles. The van der Waals surface area contributed by atoms with Gasteiger partial charge in [0.1, 0.15) is 32.6 Å². The second kappa shape index (κ2) is 33.9. The number of hydrogen-bond acceptors (Lipinski definition) is 11. The summed E-state index contributed by atoms with van der Waals surface area (Å²) in [6, 6.07) is 8.99. The first kappa shape index (κ1) is 64.6. The molecule has 66 heavy (non-hydrogen) atoms. The molecule has 23 heteroatoms. The Kier molecular flexibility index (Phi) is 33.2. The van der Waals surface area contributed by atoms with Crippen molar-refractivity contribution in [2.45, 2.75) is 58.2 Å². The van der Waals surface area contributed by atoms with E-state index in [-0.39, 0.29) is 41.1 Å². The molecule has 0 radical (unpaired) electrons. The summed E-state index contributed by atoms with van der Waals surface area (Å²) in [4.78, 5) is 65.0. The average molecular weight is 1060 g/mol. The van der Waals surface area contributed by atoms with Gasteiger partial charge < -0.3 is 38.2 Å². The Morgan fingerprint density at radius 3 is 2.12 bits per heavy atom. The number of nitrogens with one attached hydrogen (secondary N) is 1. The molecule has 1 heterocycles. The van der Waals surface area contributed by atoms with Crippen molar-refractivity contribution in [3.05, 3.63) is 93.3 Å². The zero-order valence-electron chi connectivity index (χ0n) is 38.6. The number of nitrogens with zero attached hydrogens (tertiary/aromatic N) is 4. The lowest BCUT2D eigenvalue weighted by Gasteiger charge is -2.25. The lowest BCUT2D eigenvalue weighted by atomic mass is 9.97. The number of aliphatic carboxylic acids is 1. The van der Waals surface area contributed by atoms with E-state index in [1.807, 2.05) is 58.1 Å². The number of alkyl halides is 3. The van der Waals surface area contributed by atoms with Gasteiger partial charge in [-0.15, -0.1) is 36.3 Å². The maximum atomic E-state index is 12.0. The van der Waals surface area contributed by atoms with Crippen LogP contribution in [0.2, 0.25) is 10.0 Å². The smallest absolute Gasteiger partial charge is 0.442 e. The summed E-state index contributed by atoms with van der Waals surface area (Å²) >= 11 is 28.7. The van der Waals surface area contributed by atoms with Crippen LogP contribution in [-0.4, -0.2) is 118 Å². The Morgan fingerprint density at radius 1 is 1.12 bits per heavy atom. The first-order valence-electron chi connectivity index (χ1n) is 19.6. The summed E-state index contributed by atoms with van der Waals surface area (Å²) in [7, 11) is -3.71. The molecule has 3 N–H and O–H groups in total. The number of halogens is 5. The van der Waals surface area contributed by atoms with Gasteiger partial charge in [-0.05, 0) is 48.4 Å². The van der Waals surface area contributed by atoms with Crippen LogP contribution in [0, 0.1) is 19.3 Å². The van der Waals surface area contributed by atoms with E-state index in [1.165, 1.54) is 17.0 Å². The van der Waals surface area contributed by atoms with Gasteiger partial charge in [0, 0.05) is 31.2 Å². The molecule has 0 saturated heterocycles. The molecule has 2 amide bonds. The Balaban J connectivity index is 0. The lowest BCUT2D eigenvalue weighted by molar-refractivity contribution is -0.193. The number of para-hydroxylation sites is 1. The van der Waals surface area contributed by atoms with Crippen LogP contribution in [0.5, 0.6) is 5.75 Å². The minimum atomic E-state index is -4.35. The third kappa shape index (κ3) is 26.7. The summed E-state index contributed by atoms with van der Waals surface area (Å²) in [6.45, 7) is 19.9. The minimum absolute atomic E-state index is 0.0371. The Bertz CT molecular complexity index is 2120. The number of carboxylic acids is 1. The zero-order valence-corrected chi connectivity index (χ0v) is 44.1. The molecule has 0 fully saturated rings. The number of hydrogen-bond donors (Lipinski definition) is 3. The highest BCUT2D eigenvalue weighted by molar-refractivity contribution is 7.94. The zero-order chi connectivity index (χ0) is 51.4. The monoisotopic (exact) mass is 1060 g/mol. The van der Waals surface area contributed by atoms with Gasteiger partial charge in [0.05, 0.1) is 53.0 Å². The SMILES string of the molecule is C#CCOc1cc(-n2nc(C(C)(C)C)oc2=O)c(Cl)cc1Cl.C=CCN(CC=C)C(=O)C(Cl)Cl.CCOCN(C(=O)CCl)c1c(C)cccc1CC.C[S+](C)C.O=C(O)CNCP(=O)([O-])O. The van der Waals surface area contributed by atoms with Crippen LogP contribution in [0.1, 0.15) is 51.6 Å². The molecule has 0 saturated carbocycles. The van der Waals surface area contributed by atoms with Crippen LogP contribution in [-0.2, 0) is 46.4 Å². The standard InChI is InChI=1S/C15H14Cl2N2O3.C14H20ClNO2.C8H11Cl2NO.C3H8NO5P.C3H9S/c1-5-6-21-12-8-11(9(16)7-10(12)17)19-14(20)22-13(18-19)15(2,3)4;1-4-12-8-6-7-11(3)14(12)16(10-18-5-2)13(17)9-15;1-3-5-11(6-4-2)8(12)7(9)10;5-3(6)1-4-2-10(7,8)9;1-4(2)3/h1,7-8H,6H2,2-4H3;6-8H,4-5,9-10H2,1-3H3;3-4,7H,1-2,5-6H2;4H,1-2H2,(H,5,6)(H2,7,8,9);1-3H3/q;;;;+1/p-1. The highest BCUT2D eigenvalue weighted by atomic mass is 35.5. The van der Waals surface area contributed by atoms with Crippen LogP contribution in [0.3, 0.4) is 0 Å². The van der Waals surface area contributed by atoms with Crippen molar-refractivity contribution in [2.24, 2.45) is 0 Å². The number of ether oxygens (including phenoxy) is 2. The number of carbonyl (C=O) groups is 3. The number of amides is 2. The van der Waals surface area contributed by atoms with Crippen LogP contribution in [0.25, 0.3) is 5.69 Å². The predicted octanol–water partition coefficient (Wildman–Crippen LogP) is 7.21. The van der Waals surface area contributed by atoms with Gasteiger partial charge in [0.15, 0.2) is 4.84 Å². The molecular weight excluding hydrogens is 1000 g/mol. The number of rotatable bonds is 18. The molecule has 1 aromatic heterocycles. The molecule has 370 valence electrons. The Hall–Kier alpha value is -3.50. The van der Waals surface area contributed by atoms with Crippen molar-refractivity contribution >= 4 is 100.0 Å². The number of carbonyl (C=O) groups excluding carboxylic acids is 2. The number of aryl methyl sites for hydroxylation is 2. The largest absolute Gasteiger partial charge is 0.778 e. The van der Waals surface area contributed by atoms with E-state index in [2.05, 4.69) is 49.9 Å². The van der Waals surface area contributed by atoms with E-state index in [9.17, 15) is 28.6 Å². The third-order valence-electron chi connectivity index (χ3n) is 7.33. The highest BCUT2D eigenvalue weighted by Crippen LogP contribution is 2.33. The first-order valence-corrected chi connectivity index (χ1v) is 26.0. The van der Waals surface area contributed by atoms with Gasteiger partial charge in [-0.25, -0.2) is 4.79 Å². The van der Waals surface area contributed by atoms with Crippen molar-refractivity contribution < 1.29 is 47.7 Å². The van der Waals surface area contributed by atoms with E-state index in [1.54, 1.807) is 17.1 Å². The van der Waals surface area contributed by atoms with E-state index in [4.69, 9.17) is 88.3 Å². The molecule has 3 rings (SSSR count). The van der Waals surface area contributed by atoms with Crippen molar-refractivity contribution in [3.63, 3.8) is 0 Å². The van der Waals surface area contributed by atoms with Gasteiger partial charge in [-0.2, -0.15) is 4.68 Å². The van der Waals surface area contributed by atoms with E-state index >= 15 is 0 Å². The number of benzene rings is 2. The molecule has 0 bridgehead atoms. The fourth-order valence-electron chi connectivity index (χ4n) is 4.56. The molecule has 3 aromatic rings. The van der Waals surface area contributed by atoms with E-state index in [0.717, 1.165) is 27.9 Å². The number of anilines is 1. The molecule has 0 spiro atoms. The fraction of sp³-hybridized carbons (Fsp3) is 0.465. The molecule has 16 nitrogen and oxygen atoms in total. The predicted molar refractivity (Wildman–Crippen MR) is 268 cm³/mol. The quantitative estimate of drug-likeness (QED) is 0.0287. The second-order valence-electron chi connectivity index (χ2n) is 14.5. The first-order chi connectivity index (χ1) is 30.7. The fourth-order valence-corrected chi connectivity index (χ4v) is 5.89.